The largest absolute Gasteiger partial charge is 0.0613 e. The van der Waals surface area contributed by atoms with Gasteiger partial charge in [-0.1, -0.05) is 44.4 Å². The maximum absolute atomic E-state index is 3.23. The maximum atomic E-state index is 3.23. The quantitative estimate of drug-likeness (QED) is 0.654. The summed E-state index contributed by atoms with van der Waals surface area (Å²) >= 11 is 0. The highest BCUT2D eigenvalue weighted by Gasteiger charge is 2.17. The molecule has 14 heavy (non-hydrogen) atoms. The number of aryl methyl sites for hydroxylation is 1. The lowest BCUT2D eigenvalue weighted by atomic mass is 9.82. The summed E-state index contributed by atoms with van der Waals surface area (Å²) in [7, 11) is 0. The zero-order valence-corrected chi connectivity index (χ0v) is 9.05. The van der Waals surface area contributed by atoms with E-state index in [9.17, 15) is 0 Å². The first-order valence-corrected chi connectivity index (χ1v) is 5.90. The molecule has 75 valence electrons. The molecule has 1 aliphatic rings. The Hall–Kier alpha value is -0.780. The molecule has 0 saturated heterocycles. The summed E-state index contributed by atoms with van der Waals surface area (Å²) in [5.41, 5.74) is 3.12. The summed E-state index contributed by atoms with van der Waals surface area (Å²) in [6.07, 6.45) is 8.23. The van der Waals surface area contributed by atoms with E-state index in [1.54, 1.807) is 5.56 Å². The summed E-state index contributed by atoms with van der Waals surface area (Å²) in [6.45, 7) is 2.25. The summed E-state index contributed by atoms with van der Waals surface area (Å²) in [4.78, 5) is 0. The molecule has 0 heterocycles. The van der Waals surface area contributed by atoms with E-state index < -0.39 is 0 Å². The monoisotopic (exact) mass is 187 g/mol. The smallest absolute Gasteiger partial charge is 0.0159 e. The zero-order valence-electron chi connectivity index (χ0n) is 9.05. The first-order chi connectivity index (χ1) is 6.92. The maximum Gasteiger partial charge on any atom is -0.0159 e. The molecule has 0 N–H and O–H groups in total. The van der Waals surface area contributed by atoms with E-state index in [1.165, 1.54) is 44.1 Å². The standard InChI is InChI=1S/C14H19/c1-2-12-8-6-7-11-14(12)13-9-4-3-5-10-13/h6,8,11,13H,2-5,9-10H2,1H3. The van der Waals surface area contributed by atoms with Crippen molar-refractivity contribution >= 4 is 0 Å². The lowest BCUT2D eigenvalue weighted by Crippen LogP contribution is -2.06. The van der Waals surface area contributed by atoms with E-state index in [1.807, 2.05) is 6.07 Å². The van der Waals surface area contributed by atoms with Gasteiger partial charge < -0.3 is 0 Å². The van der Waals surface area contributed by atoms with Crippen molar-refractivity contribution in [2.45, 2.75) is 51.4 Å². The second-order valence-corrected chi connectivity index (χ2v) is 4.31. The molecule has 0 unspecified atom stereocenters. The molecule has 0 bridgehead atoms. The van der Waals surface area contributed by atoms with Crippen LogP contribution in [-0.2, 0) is 6.42 Å². The van der Waals surface area contributed by atoms with Crippen LogP contribution >= 0.6 is 0 Å². The van der Waals surface area contributed by atoms with Crippen LogP contribution in [0.3, 0.4) is 0 Å². The number of rotatable bonds is 2. The highest BCUT2D eigenvalue weighted by molar-refractivity contribution is 5.30. The summed E-state index contributed by atoms with van der Waals surface area (Å²) in [5, 5.41) is 0. The molecule has 0 aliphatic heterocycles. The van der Waals surface area contributed by atoms with Crippen molar-refractivity contribution in [1.82, 2.24) is 0 Å². The van der Waals surface area contributed by atoms with Gasteiger partial charge in [0.2, 0.25) is 0 Å². The summed E-state index contributed by atoms with van der Waals surface area (Å²) < 4.78 is 0. The number of benzene rings is 1. The molecule has 0 nitrogen and oxygen atoms in total. The SMILES string of the molecule is CCc1cc[c]cc1C1CCCCC1. The van der Waals surface area contributed by atoms with Crippen molar-refractivity contribution in [3.05, 3.63) is 35.4 Å². The van der Waals surface area contributed by atoms with Crippen molar-refractivity contribution in [3.63, 3.8) is 0 Å². The van der Waals surface area contributed by atoms with Crippen LogP contribution in [0, 0.1) is 6.07 Å². The summed E-state index contributed by atoms with van der Waals surface area (Å²) in [6, 6.07) is 9.74. The Labute approximate surface area is 87.3 Å². The molecule has 1 aliphatic carbocycles. The van der Waals surface area contributed by atoms with E-state index in [0.29, 0.717) is 0 Å². The van der Waals surface area contributed by atoms with Crippen molar-refractivity contribution in [1.29, 1.82) is 0 Å². The molecule has 0 aromatic heterocycles. The van der Waals surface area contributed by atoms with Gasteiger partial charge in [-0.15, -0.1) is 0 Å². The third-order valence-corrected chi connectivity index (χ3v) is 3.42. The minimum Gasteiger partial charge on any atom is -0.0613 e. The van der Waals surface area contributed by atoms with Crippen molar-refractivity contribution in [3.8, 4) is 0 Å². The molecule has 0 spiro atoms. The molecule has 2 rings (SSSR count). The van der Waals surface area contributed by atoms with E-state index in [-0.39, 0.29) is 0 Å². The highest BCUT2D eigenvalue weighted by atomic mass is 14.2. The lowest BCUT2D eigenvalue weighted by molar-refractivity contribution is 0.441. The Morgan fingerprint density at radius 3 is 2.79 bits per heavy atom. The molecule has 0 heteroatoms. The normalized spacial score (nSPS) is 18.4. The second kappa shape index (κ2) is 4.63. The Balaban J connectivity index is 2.20. The average molecular weight is 187 g/mol. The van der Waals surface area contributed by atoms with Crippen molar-refractivity contribution in [2.75, 3.05) is 0 Å². The van der Waals surface area contributed by atoms with E-state index >= 15 is 0 Å². The molecular weight excluding hydrogens is 168 g/mol. The van der Waals surface area contributed by atoms with Gasteiger partial charge in [0, 0.05) is 0 Å². The molecule has 1 fully saturated rings. The fourth-order valence-electron chi connectivity index (χ4n) is 2.59. The Kier molecular flexibility index (Phi) is 3.23. The van der Waals surface area contributed by atoms with Gasteiger partial charge in [-0.25, -0.2) is 0 Å². The topological polar surface area (TPSA) is 0 Å². The van der Waals surface area contributed by atoms with E-state index in [4.69, 9.17) is 0 Å². The van der Waals surface area contributed by atoms with Gasteiger partial charge in [0.15, 0.2) is 0 Å². The Morgan fingerprint density at radius 1 is 1.29 bits per heavy atom. The average Bonchev–Trinajstić information content (AvgIpc) is 2.30. The van der Waals surface area contributed by atoms with Crippen LogP contribution in [0.5, 0.6) is 0 Å². The van der Waals surface area contributed by atoms with Crippen LogP contribution in [0.2, 0.25) is 0 Å². The third-order valence-electron chi connectivity index (χ3n) is 3.42. The minimum absolute atomic E-state index is 0.830. The van der Waals surface area contributed by atoms with Gasteiger partial charge in [-0.3, -0.25) is 0 Å². The molecule has 1 saturated carbocycles. The second-order valence-electron chi connectivity index (χ2n) is 4.31. The number of hydrogen-bond donors (Lipinski definition) is 0. The van der Waals surface area contributed by atoms with Crippen LogP contribution in [0.25, 0.3) is 0 Å². The van der Waals surface area contributed by atoms with E-state index in [2.05, 4.69) is 25.1 Å². The fraction of sp³-hybridized carbons (Fsp3) is 0.571. The van der Waals surface area contributed by atoms with Crippen LogP contribution in [-0.4, -0.2) is 0 Å². The molecule has 1 aromatic carbocycles. The van der Waals surface area contributed by atoms with Crippen molar-refractivity contribution < 1.29 is 0 Å². The molecule has 1 radical (unpaired) electrons. The molecule has 1 aromatic rings. The first kappa shape index (κ1) is 9.76. The van der Waals surface area contributed by atoms with Gasteiger partial charge >= 0.3 is 0 Å². The van der Waals surface area contributed by atoms with Crippen molar-refractivity contribution in [2.24, 2.45) is 0 Å². The Bertz CT molecular complexity index is 282. The summed E-state index contributed by atoms with van der Waals surface area (Å²) in [5.74, 6) is 0.830. The van der Waals surface area contributed by atoms with Gasteiger partial charge in [0.05, 0.1) is 0 Å². The van der Waals surface area contributed by atoms with Gasteiger partial charge in [-0.05, 0) is 42.4 Å². The first-order valence-electron chi connectivity index (χ1n) is 5.90. The molecule has 0 amide bonds. The third kappa shape index (κ3) is 2.00. The lowest BCUT2D eigenvalue weighted by Gasteiger charge is -2.23. The predicted molar refractivity (Wildman–Crippen MR) is 60.5 cm³/mol. The number of hydrogen-bond acceptors (Lipinski definition) is 0. The van der Waals surface area contributed by atoms with Gasteiger partial charge in [0.1, 0.15) is 0 Å². The minimum atomic E-state index is 0.830. The Morgan fingerprint density at radius 2 is 2.07 bits per heavy atom. The fourth-order valence-corrected chi connectivity index (χ4v) is 2.59. The zero-order chi connectivity index (χ0) is 9.80. The molecule has 0 atom stereocenters. The van der Waals surface area contributed by atoms with Crippen LogP contribution < -0.4 is 0 Å². The highest BCUT2D eigenvalue weighted by Crippen LogP contribution is 2.34. The predicted octanol–water partition coefficient (Wildman–Crippen LogP) is 4.10. The van der Waals surface area contributed by atoms with Gasteiger partial charge in [0.25, 0.3) is 0 Å². The van der Waals surface area contributed by atoms with E-state index in [0.717, 1.165) is 5.92 Å². The van der Waals surface area contributed by atoms with Crippen LogP contribution in [0.1, 0.15) is 56.1 Å². The molecular formula is C14H19. The van der Waals surface area contributed by atoms with Gasteiger partial charge in [-0.2, -0.15) is 0 Å². The van der Waals surface area contributed by atoms with Crippen LogP contribution in [0.15, 0.2) is 18.2 Å². The van der Waals surface area contributed by atoms with Crippen LogP contribution in [0.4, 0.5) is 0 Å².